The molecule has 2 aliphatic rings. The van der Waals surface area contributed by atoms with E-state index in [0.717, 1.165) is 17.2 Å². The number of rotatable bonds is 2. The van der Waals surface area contributed by atoms with E-state index in [1.54, 1.807) is 12.3 Å². The molecule has 9 heteroatoms. The number of aromatic amines is 1. The van der Waals surface area contributed by atoms with E-state index >= 15 is 0 Å². The van der Waals surface area contributed by atoms with Crippen LogP contribution < -0.4 is 10.6 Å². The van der Waals surface area contributed by atoms with Crippen molar-refractivity contribution in [2.24, 2.45) is 0 Å². The Kier molecular flexibility index (Phi) is 3.80. The van der Waals surface area contributed by atoms with Crippen molar-refractivity contribution in [2.45, 2.75) is 18.1 Å². The Balaban J connectivity index is 1.62. The number of fused-ring (bicyclic) bond motifs is 2. The predicted molar refractivity (Wildman–Crippen MR) is 98.1 cm³/mol. The quantitative estimate of drug-likeness (QED) is 0.613. The molecule has 0 bridgehead atoms. The number of benzene rings is 1. The van der Waals surface area contributed by atoms with Crippen molar-refractivity contribution < 1.29 is 22.4 Å². The van der Waals surface area contributed by atoms with Gasteiger partial charge < -0.3 is 15.1 Å². The summed E-state index contributed by atoms with van der Waals surface area (Å²) in [6.07, 6.45) is -1.36. The molecule has 2 unspecified atom stereocenters. The van der Waals surface area contributed by atoms with Gasteiger partial charge in [0.2, 0.25) is 5.91 Å². The van der Waals surface area contributed by atoms with Gasteiger partial charge in [-0.1, -0.05) is 18.2 Å². The first-order chi connectivity index (χ1) is 13.9. The fraction of sp³-hybridized carbons (Fsp3) is 0.200. The van der Waals surface area contributed by atoms with E-state index in [4.69, 9.17) is 4.42 Å². The topological polar surface area (TPSA) is 83.0 Å². The second-order valence-electron chi connectivity index (χ2n) is 6.97. The Morgan fingerprint density at radius 1 is 1.14 bits per heavy atom. The normalized spacial score (nSPS) is 20.9. The Bertz CT molecular complexity index is 1130. The molecular formula is C20H15F3N4O2. The first-order valence-corrected chi connectivity index (χ1v) is 8.97. The maximum atomic E-state index is 13.4. The molecule has 0 saturated carbocycles. The maximum Gasteiger partial charge on any atom is 0.417 e. The van der Waals surface area contributed by atoms with Gasteiger partial charge >= 0.3 is 6.18 Å². The van der Waals surface area contributed by atoms with Gasteiger partial charge in [0, 0.05) is 23.7 Å². The lowest BCUT2D eigenvalue weighted by atomic mass is 9.81. The molecule has 0 radical (unpaired) electrons. The first-order valence-electron chi connectivity index (χ1n) is 8.97. The van der Waals surface area contributed by atoms with E-state index in [1.165, 1.54) is 30.3 Å². The summed E-state index contributed by atoms with van der Waals surface area (Å²) in [4.78, 5) is 11.9. The van der Waals surface area contributed by atoms with Gasteiger partial charge in [-0.05, 0) is 23.8 Å². The van der Waals surface area contributed by atoms with Crippen molar-refractivity contribution in [1.82, 2.24) is 15.5 Å². The minimum absolute atomic E-state index is 0.0282. The van der Waals surface area contributed by atoms with Crippen molar-refractivity contribution in [3.63, 3.8) is 0 Å². The monoisotopic (exact) mass is 400 g/mol. The van der Waals surface area contributed by atoms with E-state index in [0.29, 0.717) is 18.1 Å². The molecule has 4 heterocycles. The number of carbonyl (C=O) groups is 1. The smallest absolute Gasteiger partial charge is 0.417 e. The number of halogens is 3. The Morgan fingerprint density at radius 2 is 1.97 bits per heavy atom. The molecule has 29 heavy (non-hydrogen) atoms. The van der Waals surface area contributed by atoms with E-state index in [9.17, 15) is 18.0 Å². The lowest BCUT2D eigenvalue weighted by Gasteiger charge is -2.35. The zero-order chi connectivity index (χ0) is 20.2. The minimum atomic E-state index is -4.49. The van der Waals surface area contributed by atoms with E-state index in [1.807, 2.05) is 0 Å². The summed E-state index contributed by atoms with van der Waals surface area (Å²) in [6.45, 7) is 0.393. The molecule has 2 atom stereocenters. The second kappa shape index (κ2) is 6.26. The lowest BCUT2D eigenvalue weighted by molar-refractivity contribution is -0.137. The molecule has 0 aliphatic carbocycles. The number of furan rings is 1. The average Bonchev–Trinajstić information content (AvgIpc) is 3.35. The average molecular weight is 400 g/mol. The van der Waals surface area contributed by atoms with Crippen LogP contribution in [0.25, 0.3) is 11.3 Å². The van der Waals surface area contributed by atoms with Gasteiger partial charge in [0.1, 0.15) is 17.3 Å². The number of hydrogen-bond donors (Lipinski definition) is 3. The molecular weight excluding hydrogens is 385 g/mol. The highest BCUT2D eigenvalue weighted by molar-refractivity contribution is 5.91. The van der Waals surface area contributed by atoms with Crippen molar-refractivity contribution in [3.05, 3.63) is 71.1 Å². The number of anilines is 1. The summed E-state index contributed by atoms with van der Waals surface area (Å²) in [6, 6.07) is 8.31. The molecule has 0 spiro atoms. The zero-order valence-corrected chi connectivity index (χ0v) is 14.9. The van der Waals surface area contributed by atoms with Crippen LogP contribution in [0.1, 0.15) is 22.8 Å². The van der Waals surface area contributed by atoms with Gasteiger partial charge in [0.25, 0.3) is 0 Å². The summed E-state index contributed by atoms with van der Waals surface area (Å²) in [5, 5.41) is 13.0. The van der Waals surface area contributed by atoms with Gasteiger partial charge in [-0.3, -0.25) is 9.89 Å². The molecule has 148 valence electrons. The third-order valence-electron chi connectivity index (χ3n) is 5.22. The molecule has 0 fully saturated rings. The van der Waals surface area contributed by atoms with Crippen molar-refractivity contribution in [1.29, 1.82) is 0 Å². The number of H-pyrrole nitrogens is 1. The molecule has 6 nitrogen and oxygen atoms in total. The zero-order valence-electron chi connectivity index (χ0n) is 14.9. The molecule has 3 aromatic rings. The van der Waals surface area contributed by atoms with Crippen LogP contribution in [0.2, 0.25) is 0 Å². The number of nitrogens with one attached hydrogen (secondary N) is 3. The standard InChI is InChI=1S/C20H15F3N4O2/c21-20(22,23)13-4-2-1-3-10(13)15-5-6-16(29-15)18-11-7-17(28)24-9-14(11)26-19-12(18)8-25-27-19/h1-8,14,18H,9H2,(H,24,28)(H2,25,26,27). The van der Waals surface area contributed by atoms with Crippen LogP contribution in [0, 0.1) is 0 Å². The van der Waals surface area contributed by atoms with Crippen LogP contribution >= 0.6 is 0 Å². The highest BCUT2D eigenvalue weighted by Crippen LogP contribution is 2.44. The van der Waals surface area contributed by atoms with Gasteiger partial charge in [-0.25, -0.2) is 0 Å². The Morgan fingerprint density at radius 3 is 2.79 bits per heavy atom. The summed E-state index contributed by atoms with van der Waals surface area (Å²) < 4.78 is 46.1. The Hall–Kier alpha value is -3.49. The van der Waals surface area contributed by atoms with Crippen LogP contribution in [0.4, 0.5) is 19.0 Å². The summed E-state index contributed by atoms with van der Waals surface area (Å²) in [5.41, 5.74) is 0.767. The van der Waals surface area contributed by atoms with Crippen LogP contribution in [0.5, 0.6) is 0 Å². The summed E-state index contributed by atoms with van der Waals surface area (Å²) in [5.74, 6) is 0.625. The van der Waals surface area contributed by atoms with Crippen LogP contribution in [-0.2, 0) is 11.0 Å². The van der Waals surface area contributed by atoms with Gasteiger partial charge in [-0.15, -0.1) is 0 Å². The third-order valence-corrected chi connectivity index (χ3v) is 5.22. The van der Waals surface area contributed by atoms with Crippen molar-refractivity contribution in [2.75, 3.05) is 11.9 Å². The lowest BCUT2D eigenvalue weighted by Crippen LogP contribution is -2.45. The Labute approximate surface area is 162 Å². The largest absolute Gasteiger partial charge is 0.460 e. The number of hydrogen-bond acceptors (Lipinski definition) is 4. The molecule has 2 aromatic heterocycles. The minimum Gasteiger partial charge on any atom is -0.460 e. The molecule has 3 N–H and O–H groups in total. The van der Waals surface area contributed by atoms with Gasteiger partial charge in [0.05, 0.1) is 23.7 Å². The second-order valence-corrected chi connectivity index (χ2v) is 6.97. The van der Waals surface area contributed by atoms with E-state index < -0.39 is 17.7 Å². The van der Waals surface area contributed by atoms with Crippen molar-refractivity contribution in [3.8, 4) is 11.3 Å². The van der Waals surface area contributed by atoms with Crippen LogP contribution in [0.15, 0.2) is 58.7 Å². The number of alkyl halides is 3. The molecule has 2 aliphatic heterocycles. The highest BCUT2D eigenvalue weighted by Gasteiger charge is 2.39. The molecule has 1 amide bonds. The van der Waals surface area contributed by atoms with Gasteiger partial charge in [-0.2, -0.15) is 18.3 Å². The number of carbonyl (C=O) groups excluding carboxylic acids is 1. The summed E-state index contributed by atoms with van der Waals surface area (Å²) in [7, 11) is 0. The predicted octanol–water partition coefficient (Wildman–Crippen LogP) is 3.67. The molecule has 1 aromatic carbocycles. The fourth-order valence-corrected chi connectivity index (χ4v) is 3.94. The van der Waals surface area contributed by atoms with Crippen molar-refractivity contribution >= 4 is 11.7 Å². The first kappa shape index (κ1) is 17.6. The SMILES string of the molecule is O=C1C=C2C(CN1)Nc1[nH]ncc1C2c1ccc(-c2ccccc2C(F)(F)F)o1. The molecule has 0 saturated heterocycles. The molecule has 5 rings (SSSR count). The third kappa shape index (κ3) is 2.89. The number of amides is 1. The number of aromatic nitrogens is 2. The van der Waals surface area contributed by atoms with Crippen LogP contribution in [0.3, 0.4) is 0 Å². The fourth-order valence-electron chi connectivity index (χ4n) is 3.94. The van der Waals surface area contributed by atoms with Crippen LogP contribution in [-0.4, -0.2) is 28.7 Å². The number of nitrogens with zero attached hydrogens (tertiary/aromatic N) is 1. The maximum absolute atomic E-state index is 13.4. The summed E-state index contributed by atoms with van der Waals surface area (Å²) >= 11 is 0. The van der Waals surface area contributed by atoms with E-state index in [-0.39, 0.29) is 23.3 Å². The highest BCUT2D eigenvalue weighted by atomic mass is 19.4. The van der Waals surface area contributed by atoms with E-state index in [2.05, 4.69) is 20.8 Å². The van der Waals surface area contributed by atoms with Gasteiger partial charge in [0.15, 0.2) is 0 Å².